The molecule has 9 nitrogen and oxygen atoms in total. The van der Waals surface area contributed by atoms with Crippen LogP contribution in [-0.4, -0.2) is 72.6 Å². The van der Waals surface area contributed by atoms with Gasteiger partial charge in [0.25, 0.3) is 10.2 Å². The standard InChI is InChI=1S/C18H27N3O6S/c1-18(2,3)27-17(24)20-9-11-21(12-10-20)28(25,26)19-15(16(22)23)13-14-7-5-4-6-8-14/h4-8,15,19H,9-13H2,1-3H3,(H,22,23)/t15-/m0/s1. The van der Waals surface area contributed by atoms with Crippen LogP contribution in [0.4, 0.5) is 4.79 Å². The molecule has 2 N–H and O–H groups in total. The minimum Gasteiger partial charge on any atom is -0.480 e. The molecule has 0 unspecified atom stereocenters. The normalized spacial score (nSPS) is 17.2. The molecular weight excluding hydrogens is 386 g/mol. The third-order valence-electron chi connectivity index (χ3n) is 4.10. The molecule has 0 aromatic heterocycles. The predicted octanol–water partition coefficient (Wildman–Crippen LogP) is 1.07. The number of carbonyl (C=O) groups is 2. The molecule has 1 saturated heterocycles. The van der Waals surface area contributed by atoms with Gasteiger partial charge in [-0.05, 0) is 32.8 Å². The van der Waals surface area contributed by atoms with Gasteiger partial charge in [0.05, 0.1) is 0 Å². The van der Waals surface area contributed by atoms with Gasteiger partial charge >= 0.3 is 12.1 Å². The van der Waals surface area contributed by atoms with E-state index >= 15 is 0 Å². The van der Waals surface area contributed by atoms with Crippen molar-refractivity contribution in [2.45, 2.75) is 38.8 Å². The van der Waals surface area contributed by atoms with Crippen molar-refractivity contribution in [1.29, 1.82) is 0 Å². The lowest BCUT2D eigenvalue weighted by Crippen LogP contribution is -2.56. The largest absolute Gasteiger partial charge is 0.480 e. The molecule has 1 aliphatic heterocycles. The van der Waals surface area contributed by atoms with E-state index in [4.69, 9.17) is 4.74 Å². The van der Waals surface area contributed by atoms with Gasteiger partial charge in [0.2, 0.25) is 0 Å². The second-order valence-corrected chi connectivity index (χ2v) is 9.27. The fourth-order valence-corrected chi connectivity index (χ4v) is 4.06. The number of carboxylic acid groups (broad SMARTS) is 1. The van der Waals surface area contributed by atoms with E-state index in [2.05, 4.69) is 4.72 Å². The summed E-state index contributed by atoms with van der Waals surface area (Å²) in [5.74, 6) is -1.25. The highest BCUT2D eigenvalue weighted by Crippen LogP contribution is 2.14. The Hall–Kier alpha value is -2.17. The van der Waals surface area contributed by atoms with E-state index in [-0.39, 0.29) is 32.6 Å². The molecule has 0 aliphatic carbocycles. The van der Waals surface area contributed by atoms with Crippen molar-refractivity contribution in [3.8, 4) is 0 Å². The highest BCUT2D eigenvalue weighted by atomic mass is 32.2. The van der Waals surface area contributed by atoms with E-state index in [0.717, 1.165) is 4.31 Å². The number of ether oxygens (including phenoxy) is 1. The number of amides is 1. The van der Waals surface area contributed by atoms with Gasteiger partial charge in [-0.15, -0.1) is 0 Å². The number of benzene rings is 1. The number of carbonyl (C=O) groups excluding carboxylic acids is 1. The highest BCUT2D eigenvalue weighted by Gasteiger charge is 2.33. The summed E-state index contributed by atoms with van der Waals surface area (Å²) in [6.45, 7) is 5.74. The van der Waals surface area contributed by atoms with Crippen LogP contribution in [-0.2, 0) is 26.2 Å². The monoisotopic (exact) mass is 413 g/mol. The summed E-state index contributed by atoms with van der Waals surface area (Å²) in [6.07, 6.45) is -0.460. The molecule has 0 spiro atoms. The zero-order valence-corrected chi connectivity index (χ0v) is 17.1. The molecule has 2 rings (SSSR count). The van der Waals surface area contributed by atoms with Crippen LogP contribution in [0.1, 0.15) is 26.3 Å². The fraction of sp³-hybridized carbons (Fsp3) is 0.556. The maximum atomic E-state index is 12.6. The summed E-state index contributed by atoms with van der Waals surface area (Å²) in [5, 5.41) is 9.40. The van der Waals surface area contributed by atoms with Crippen molar-refractivity contribution in [2.75, 3.05) is 26.2 Å². The van der Waals surface area contributed by atoms with Crippen LogP contribution in [0.2, 0.25) is 0 Å². The molecule has 1 aromatic carbocycles. The third kappa shape index (κ3) is 6.47. The van der Waals surface area contributed by atoms with Gasteiger partial charge in [0.1, 0.15) is 11.6 Å². The number of piperazine rings is 1. The molecule has 28 heavy (non-hydrogen) atoms. The van der Waals surface area contributed by atoms with Crippen molar-refractivity contribution >= 4 is 22.3 Å². The van der Waals surface area contributed by atoms with Crippen LogP contribution in [0.15, 0.2) is 30.3 Å². The van der Waals surface area contributed by atoms with Crippen molar-refractivity contribution < 1.29 is 27.9 Å². The molecule has 1 aromatic rings. The van der Waals surface area contributed by atoms with Crippen molar-refractivity contribution in [1.82, 2.24) is 13.9 Å². The van der Waals surface area contributed by atoms with Gasteiger partial charge < -0.3 is 14.7 Å². The fourth-order valence-electron chi connectivity index (χ4n) is 2.72. The Labute approximate surface area is 165 Å². The average Bonchev–Trinajstić information content (AvgIpc) is 2.60. The van der Waals surface area contributed by atoms with E-state index in [1.54, 1.807) is 51.1 Å². The summed E-state index contributed by atoms with van der Waals surface area (Å²) < 4.78 is 33.9. The Morgan fingerprint density at radius 3 is 2.21 bits per heavy atom. The second kappa shape index (κ2) is 8.89. The van der Waals surface area contributed by atoms with Crippen molar-refractivity contribution in [2.24, 2.45) is 0 Å². The first-order valence-electron chi connectivity index (χ1n) is 9.00. The lowest BCUT2D eigenvalue weighted by Gasteiger charge is -2.35. The molecule has 0 radical (unpaired) electrons. The second-order valence-electron chi connectivity index (χ2n) is 7.57. The lowest BCUT2D eigenvalue weighted by atomic mass is 10.1. The van der Waals surface area contributed by atoms with Crippen molar-refractivity contribution in [3.05, 3.63) is 35.9 Å². The molecule has 1 fully saturated rings. The number of hydrogen-bond acceptors (Lipinski definition) is 5. The van der Waals surface area contributed by atoms with Gasteiger partial charge in [-0.3, -0.25) is 4.79 Å². The molecule has 1 atom stereocenters. The van der Waals surface area contributed by atoms with Crippen LogP contribution < -0.4 is 4.72 Å². The molecular formula is C18H27N3O6S. The third-order valence-corrected chi connectivity index (χ3v) is 5.73. The number of hydrogen-bond donors (Lipinski definition) is 2. The van der Waals surface area contributed by atoms with Crippen LogP contribution in [0, 0.1) is 0 Å². The van der Waals surface area contributed by atoms with E-state index < -0.39 is 33.9 Å². The Bertz CT molecular complexity index is 783. The molecule has 10 heteroatoms. The summed E-state index contributed by atoms with van der Waals surface area (Å²) in [6, 6.07) is 7.52. The van der Waals surface area contributed by atoms with Crippen LogP contribution in [0.5, 0.6) is 0 Å². The Balaban J connectivity index is 1.97. The van der Waals surface area contributed by atoms with E-state index in [9.17, 15) is 23.1 Å². The molecule has 0 bridgehead atoms. The number of nitrogens with one attached hydrogen (secondary N) is 1. The summed E-state index contributed by atoms with van der Waals surface area (Å²) in [4.78, 5) is 25.0. The minimum atomic E-state index is -4.01. The van der Waals surface area contributed by atoms with Crippen LogP contribution in [0.3, 0.4) is 0 Å². The minimum absolute atomic E-state index is 0.0350. The van der Waals surface area contributed by atoms with Gasteiger partial charge in [-0.25, -0.2) is 4.79 Å². The van der Waals surface area contributed by atoms with E-state index in [1.807, 2.05) is 0 Å². The smallest absolute Gasteiger partial charge is 0.410 e. The first-order valence-corrected chi connectivity index (χ1v) is 10.4. The summed E-state index contributed by atoms with van der Waals surface area (Å²) in [5.41, 5.74) is 0.0842. The number of nitrogens with zero attached hydrogens (tertiary/aromatic N) is 2. The topological polar surface area (TPSA) is 116 Å². The zero-order chi connectivity index (χ0) is 20.9. The Kier molecular flexibility index (Phi) is 7.02. The zero-order valence-electron chi connectivity index (χ0n) is 16.3. The average molecular weight is 413 g/mol. The van der Waals surface area contributed by atoms with E-state index in [0.29, 0.717) is 5.56 Å². The van der Waals surface area contributed by atoms with E-state index in [1.165, 1.54) is 4.90 Å². The number of aliphatic carboxylic acids is 1. The first kappa shape index (κ1) is 22.1. The lowest BCUT2D eigenvalue weighted by molar-refractivity contribution is -0.138. The Morgan fingerprint density at radius 1 is 1.14 bits per heavy atom. The number of carboxylic acids is 1. The SMILES string of the molecule is CC(C)(C)OC(=O)N1CCN(S(=O)(=O)N[C@@H](Cc2ccccc2)C(=O)O)CC1. The Morgan fingerprint density at radius 2 is 1.71 bits per heavy atom. The van der Waals surface area contributed by atoms with Crippen LogP contribution >= 0.6 is 0 Å². The molecule has 1 amide bonds. The maximum Gasteiger partial charge on any atom is 0.410 e. The molecule has 1 aliphatic rings. The summed E-state index contributed by atoms with van der Waals surface area (Å²) in [7, 11) is -4.01. The molecule has 0 saturated carbocycles. The quantitative estimate of drug-likeness (QED) is 0.721. The van der Waals surface area contributed by atoms with Gasteiger partial charge in [0, 0.05) is 26.2 Å². The number of rotatable bonds is 6. The predicted molar refractivity (Wildman–Crippen MR) is 103 cm³/mol. The van der Waals surface area contributed by atoms with Crippen LogP contribution in [0.25, 0.3) is 0 Å². The molecule has 156 valence electrons. The van der Waals surface area contributed by atoms with Gasteiger partial charge in [0.15, 0.2) is 0 Å². The highest BCUT2D eigenvalue weighted by molar-refractivity contribution is 7.87. The maximum absolute atomic E-state index is 12.6. The summed E-state index contributed by atoms with van der Waals surface area (Å²) >= 11 is 0. The van der Waals surface area contributed by atoms with Gasteiger partial charge in [-0.2, -0.15) is 17.4 Å². The van der Waals surface area contributed by atoms with Crippen molar-refractivity contribution in [3.63, 3.8) is 0 Å². The van der Waals surface area contributed by atoms with Gasteiger partial charge in [-0.1, -0.05) is 30.3 Å². The molecule has 1 heterocycles. The first-order chi connectivity index (χ1) is 13.0.